The number of aromatic amines is 1. The number of nitriles is 1. The molecule has 1 heterocycles. The van der Waals surface area contributed by atoms with E-state index >= 15 is 0 Å². The van der Waals surface area contributed by atoms with Gasteiger partial charge in [0, 0.05) is 35.5 Å². The van der Waals surface area contributed by atoms with Crippen molar-refractivity contribution in [3.8, 4) is 6.07 Å². The molecule has 3 aromatic rings. The van der Waals surface area contributed by atoms with Crippen LogP contribution in [0.4, 0.5) is 11.4 Å². The van der Waals surface area contributed by atoms with E-state index in [0.717, 1.165) is 11.9 Å². The third-order valence-corrected chi connectivity index (χ3v) is 4.41. The van der Waals surface area contributed by atoms with E-state index in [4.69, 9.17) is 17.3 Å². The van der Waals surface area contributed by atoms with Crippen molar-refractivity contribution in [1.82, 2.24) is 10.3 Å². The van der Waals surface area contributed by atoms with Gasteiger partial charge in [0.2, 0.25) is 0 Å². The fraction of sp³-hybridized carbons (Fsp3) is 0.100. The highest BCUT2D eigenvalue weighted by Crippen LogP contribution is 2.23. The Morgan fingerprint density at radius 1 is 1.30 bits per heavy atom. The number of nitrogens with zero attached hydrogens (tertiary/aromatic N) is 1. The normalized spacial score (nSPS) is 11.2. The number of anilines is 2. The van der Waals surface area contributed by atoms with Crippen LogP contribution in [0.2, 0.25) is 5.02 Å². The predicted octanol–water partition coefficient (Wildman–Crippen LogP) is 3.58. The molecule has 0 radical (unpaired) electrons. The van der Waals surface area contributed by atoms with E-state index in [-0.39, 0.29) is 5.57 Å². The van der Waals surface area contributed by atoms with E-state index in [9.17, 15) is 10.1 Å². The van der Waals surface area contributed by atoms with Crippen molar-refractivity contribution < 1.29 is 4.79 Å². The van der Waals surface area contributed by atoms with Gasteiger partial charge in [-0.1, -0.05) is 29.8 Å². The number of rotatable bonds is 6. The molecule has 0 aliphatic rings. The topological polar surface area (TPSA) is 107 Å². The lowest BCUT2D eigenvalue weighted by molar-refractivity contribution is -0.112. The van der Waals surface area contributed by atoms with Gasteiger partial charge in [0.05, 0.1) is 10.7 Å². The number of carbonyl (C=O) groups is 1. The first-order valence-corrected chi connectivity index (χ1v) is 8.71. The van der Waals surface area contributed by atoms with Crippen LogP contribution in [0, 0.1) is 11.3 Å². The molecule has 0 fully saturated rings. The van der Waals surface area contributed by atoms with Crippen molar-refractivity contribution in [3.05, 3.63) is 71.0 Å². The second-order valence-corrected chi connectivity index (χ2v) is 6.33. The monoisotopic (exact) mass is 379 g/mol. The average molecular weight is 380 g/mol. The third-order valence-electron chi connectivity index (χ3n) is 4.08. The summed E-state index contributed by atoms with van der Waals surface area (Å²) in [5.41, 5.74) is 8.76. The van der Waals surface area contributed by atoms with Gasteiger partial charge in [0.25, 0.3) is 5.91 Å². The van der Waals surface area contributed by atoms with Gasteiger partial charge in [0.1, 0.15) is 11.6 Å². The lowest BCUT2D eigenvalue weighted by atomic mass is 10.1. The molecule has 0 saturated carbocycles. The van der Waals surface area contributed by atoms with E-state index < -0.39 is 5.91 Å². The van der Waals surface area contributed by atoms with Gasteiger partial charge in [-0.2, -0.15) is 5.26 Å². The molecule has 0 bridgehead atoms. The number of H-pyrrole nitrogens is 1. The van der Waals surface area contributed by atoms with Crippen LogP contribution in [-0.2, 0) is 11.2 Å². The van der Waals surface area contributed by atoms with E-state index in [1.807, 2.05) is 30.5 Å². The second-order valence-electron chi connectivity index (χ2n) is 5.92. The van der Waals surface area contributed by atoms with Crippen molar-refractivity contribution in [3.63, 3.8) is 0 Å². The summed E-state index contributed by atoms with van der Waals surface area (Å²) in [5.74, 6) is -0.516. The van der Waals surface area contributed by atoms with Crippen molar-refractivity contribution in [2.75, 3.05) is 17.6 Å². The maximum Gasteiger partial charge on any atom is 0.267 e. The lowest BCUT2D eigenvalue weighted by Gasteiger charge is -2.06. The fourth-order valence-corrected chi connectivity index (χ4v) is 2.85. The molecule has 1 amide bonds. The molecule has 7 heteroatoms. The summed E-state index contributed by atoms with van der Waals surface area (Å²) in [6.45, 7) is 0.591. The first-order valence-electron chi connectivity index (χ1n) is 8.33. The van der Waals surface area contributed by atoms with Crippen LogP contribution in [0.15, 0.2) is 60.4 Å². The summed E-state index contributed by atoms with van der Waals surface area (Å²) in [6.07, 6.45) is 4.15. The summed E-state index contributed by atoms with van der Waals surface area (Å²) in [6, 6.07) is 14.7. The molecule has 0 aliphatic heterocycles. The lowest BCUT2D eigenvalue weighted by Crippen LogP contribution is -2.18. The fourth-order valence-electron chi connectivity index (χ4n) is 2.67. The van der Waals surface area contributed by atoms with Crippen molar-refractivity contribution in [2.45, 2.75) is 6.42 Å². The number of para-hydroxylation sites is 1. The van der Waals surface area contributed by atoms with Crippen molar-refractivity contribution in [2.24, 2.45) is 0 Å². The molecule has 136 valence electrons. The Kier molecular flexibility index (Phi) is 5.64. The first-order chi connectivity index (χ1) is 13.1. The molecule has 3 rings (SSSR count). The summed E-state index contributed by atoms with van der Waals surface area (Å²) >= 11 is 5.93. The molecule has 6 nitrogen and oxygen atoms in total. The van der Waals surface area contributed by atoms with Crippen LogP contribution in [0.3, 0.4) is 0 Å². The molecule has 0 saturated heterocycles. The number of halogens is 1. The molecule has 27 heavy (non-hydrogen) atoms. The highest BCUT2D eigenvalue weighted by atomic mass is 35.5. The molecular weight excluding hydrogens is 362 g/mol. The largest absolute Gasteiger partial charge is 0.398 e. The van der Waals surface area contributed by atoms with Crippen LogP contribution in [0.1, 0.15) is 5.56 Å². The first kappa shape index (κ1) is 18.4. The van der Waals surface area contributed by atoms with Crippen LogP contribution < -0.4 is 16.4 Å². The van der Waals surface area contributed by atoms with E-state index in [2.05, 4.69) is 21.7 Å². The maximum absolute atomic E-state index is 12.2. The number of nitrogens with two attached hydrogens (primary N) is 1. The summed E-state index contributed by atoms with van der Waals surface area (Å²) in [5, 5.41) is 16.4. The van der Waals surface area contributed by atoms with Gasteiger partial charge in [-0.15, -0.1) is 0 Å². The quantitative estimate of drug-likeness (QED) is 0.227. The molecule has 0 unspecified atom stereocenters. The number of benzene rings is 2. The Morgan fingerprint density at radius 2 is 2.11 bits per heavy atom. The van der Waals surface area contributed by atoms with Crippen molar-refractivity contribution >= 4 is 39.8 Å². The number of nitrogen functional groups attached to an aromatic ring is 1. The van der Waals surface area contributed by atoms with E-state index in [0.29, 0.717) is 22.9 Å². The van der Waals surface area contributed by atoms with Gasteiger partial charge in [-0.05, 0) is 36.2 Å². The second kappa shape index (κ2) is 8.30. The molecule has 0 spiro atoms. The molecule has 2 aromatic carbocycles. The number of carbonyl (C=O) groups excluding carboxylic acids is 1. The maximum atomic E-state index is 12.2. The number of aromatic nitrogens is 1. The van der Waals surface area contributed by atoms with Gasteiger partial charge < -0.3 is 21.4 Å². The number of amides is 1. The number of fused-ring (bicyclic) bond motifs is 1. The molecule has 0 aliphatic carbocycles. The summed E-state index contributed by atoms with van der Waals surface area (Å²) in [7, 11) is 0. The minimum Gasteiger partial charge on any atom is -0.398 e. The van der Waals surface area contributed by atoms with E-state index in [1.165, 1.54) is 23.2 Å². The van der Waals surface area contributed by atoms with Crippen LogP contribution >= 0.6 is 11.6 Å². The SMILES string of the molecule is N#C/C(=C/NCCc1c[nH]c2ccccc12)C(=O)Nc1ccc(N)c(Cl)c1. The number of nitrogens with one attached hydrogen (secondary N) is 3. The highest BCUT2D eigenvalue weighted by Gasteiger charge is 2.10. The molecule has 5 N–H and O–H groups in total. The number of hydrogen-bond acceptors (Lipinski definition) is 4. The Labute approximate surface area is 161 Å². The van der Waals surface area contributed by atoms with E-state index in [1.54, 1.807) is 12.1 Å². The van der Waals surface area contributed by atoms with Crippen LogP contribution in [0.25, 0.3) is 10.9 Å². The molecule has 0 atom stereocenters. The Morgan fingerprint density at radius 3 is 2.89 bits per heavy atom. The minimum absolute atomic E-state index is 0.0260. The zero-order valence-electron chi connectivity index (χ0n) is 14.4. The summed E-state index contributed by atoms with van der Waals surface area (Å²) < 4.78 is 0. The Balaban J connectivity index is 1.58. The number of hydrogen-bond donors (Lipinski definition) is 4. The zero-order valence-corrected chi connectivity index (χ0v) is 15.2. The van der Waals surface area contributed by atoms with Gasteiger partial charge in [-0.25, -0.2) is 0 Å². The molecule has 1 aromatic heterocycles. The summed E-state index contributed by atoms with van der Waals surface area (Å²) in [4.78, 5) is 15.4. The standard InChI is InChI=1S/C20H18ClN5O/c21-17-9-15(5-6-18(17)23)26-20(27)14(10-22)11-24-8-7-13-12-25-19-4-2-1-3-16(13)19/h1-6,9,11-12,24-25H,7-8,23H2,(H,26,27)/b14-11-. The van der Waals surface area contributed by atoms with Crippen LogP contribution in [-0.4, -0.2) is 17.4 Å². The Bertz CT molecular complexity index is 1050. The minimum atomic E-state index is -0.516. The third kappa shape index (κ3) is 4.40. The van der Waals surface area contributed by atoms with Gasteiger partial charge >= 0.3 is 0 Å². The van der Waals surface area contributed by atoms with Gasteiger partial charge in [-0.3, -0.25) is 4.79 Å². The smallest absolute Gasteiger partial charge is 0.267 e. The van der Waals surface area contributed by atoms with Crippen LogP contribution in [0.5, 0.6) is 0 Å². The highest BCUT2D eigenvalue weighted by molar-refractivity contribution is 6.33. The van der Waals surface area contributed by atoms with Gasteiger partial charge in [0.15, 0.2) is 0 Å². The zero-order chi connectivity index (χ0) is 19.2. The Hall–Kier alpha value is -3.43. The predicted molar refractivity (Wildman–Crippen MR) is 108 cm³/mol. The average Bonchev–Trinajstić information content (AvgIpc) is 3.08. The molecular formula is C20H18ClN5O. The van der Waals surface area contributed by atoms with Crippen molar-refractivity contribution in [1.29, 1.82) is 5.26 Å².